The lowest BCUT2D eigenvalue weighted by molar-refractivity contribution is 0.653. The van der Waals surface area contributed by atoms with Crippen molar-refractivity contribution in [2.75, 3.05) is 5.32 Å². The minimum absolute atomic E-state index is 0.566. The molecule has 4 aromatic rings. The van der Waals surface area contributed by atoms with Gasteiger partial charge in [-0.25, -0.2) is 9.67 Å². The zero-order chi connectivity index (χ0) is 18.8. The Morgan fingerprint density at radius 1 is 1.15 bits per heavy atom. The van der Waals surface area contributed by atoms with Gasteiger partial charge in [0.1, 0.15) is 0 Å². The van der Waals surface area contributed by atoms with Crippen molar-refractivity contribution in [1.82, 2.24) is 24.5 Å². The van der Waals surface area contributed by atoms with E-state index in [-0.39, 0.29) is 0 Å². The third-order valence-electron chi connectivity index (χ3n) is 4.26. The van der Waals surface area contributed by atoms with Gasteiger partial charge in [-0.1, -0.05) is 11.6 Å². The molecular weight excluding hydrogens is 380 g/mol. The van der Waals surface area contributed by atoms with Crippen LogP contribution in [-0.2, 0) is 13.1 Å². The van der Waals surface area contributed by atoms with Gasteiger partial charge in [0.25, 0.3) is 0 Å². The van der Waals surface area contributed by atoms with E-state index in [4.69, 9.17) is 16.7 Å². The van der Waals surface area contributed by atoms with Gasteiger partial charge in [-0.3, -0.25) is 4.68 Å². The van der Waals surface area contributed by atoms with Gasteiger partial charge in [0, 0.05) is 41.3 Å². The van der Waals surface area contributed by atoms with Crippen molar-refractivity contribution in [3.63, 3.8) is 0 Å². The molecule has 0 aliphatic heterocycles. The highest BCUT2D eigenvalue weighted by Crippen LogP contribution is 2.23. The molecule has 3 heterocycles. The van der Waals surface area contributed by atoms with Crippen LogP contribution in [0.15, 0.2) is 48.9 Å². The molecule has 1 aromatic carbocycles. The van der Waals surface area contributed by atoms with Gasteiger partial charge in [-0.2, -0.15) is 10.2 Å². The van der Waals surface area contributed by atoms with Gasteiger partial charge < -0.3 is 5.32 Å². The summed E-state index contributed by atoms with van der Waals surface area (Å²) in [6.45, 7) is 5.64. The number of anilines is 1. The molecule has 8 heteroatoms. The van der Waals surface area contributed by atoms with Crippen molar-refractivity contribution >= 4 is 28.6 Å². The quantitative estimate of drug-likeness (QED) is 0.507. The Morgan fingerprint density at radius 3 is 2.63 bits per heavy atom. The summed E-state index contributed by atoms with van der Waals surface area (Å²) >= 11 is 7.34. The highest BCUT2D eigenvalue weighted by atomic mass is 35.5. The normalized spacial score (nSPS) is 11.1. The predicted molar refractivity (Wildman–Crippen MR) is 110 cm³/mol. The SMILES string of the molecule is CCn1cc(-c2ccn(-c3ccc(NCc4cnc(Cl)s4)cc3)n2)c(C)n1. The highest BCUT2D eigenvalue weighted by molar-refractivity contribution is 7.15. The fraction of sp³-hybridized carbons (Fsp3) is 0.211. The average Bonchev–Trinajstić information content (AvgIpc) is 3.40. The van der Waals surface area contributed by atoms with E-state index < -0.39 is 0 Å². The minimum atomic E-state index is 0.566. The van der Waals surface area contributed by atoms with Crippen LogP contribution >= 0.6 is 22.9 Å². The van der Waals surface area contributed by atoms with Crippen molar-refractivity contribution in [1.29, 1.82) is 0 Å². The Bertz CT molecular complexity index is 1050. The monoisotopic (exact) mass is 398 g/mol. The van der Waals surface area contributed by atoms with E-state index in [1.54, 1.807) is 6.20 Å². The zero-order valence-electron chi connectivity index (χ0n) is 15.1. The number of hydrogen-bond donors (Lipinski definition) is 1. The van der Waals surface area contributed by atoms with Crippen molar-refractivity contribution in [3.8, 4) is 16.9 Å². The molecule has 4 rings (SSSR count). The second-order valence-corrected chi connectivity index (χ2v) is 7.81. The van der Waals surface area contributed by atoms with Gasteiger partial charge in [-0.15, -0.1) is 11.3 Å². The lowest BCUT2D eigenvalue weighted by Crippen LogP contribution is -1.99. The van der Waals surface area contributed by atoms with Crippen molar-refractivity contribution in [2.45, 2.75) is 26.9 Å². The fourth-order valence-corrected chi connectivity index (χ4v) is 3.75. The van der Waals surface area contributed by atoms with Gasteiger partial charge >= 0.3 is 0 Å². The molecule has 0 saturated carbocycles. The lowest BCUT2D eigenvalue weighted by atomic mass is 10.2. The number of hydrogen-bond acceptors (Lipinski definition) is 5. The van der Waals surface area contributed by atoms with E-state index in [9.17, 15) is 0 Å². The largest absolute Gasteiger partial charge is 0.380 e. The maximum absolute atomic E-state index is 5.86. The van der Waals surface area contributed by atoms with E-state index in [1.165, 1.54) is 11.3 Å². The maximum Gasteiger partial charge on any atom is 0.183 e. The lowest BCUT2D eigenvalue weighted by Gasteiger charge is -2.06. The fourth-order valence-electron chi connectivity index (χ4n) is 2.83. The second kappa shape index (κ2) is 7.54. The number of rotatable bonds is 6. The Balaban J connectivity index is 1.47. The van der Waals surface area contributed by atoms with Crippen LogP contribution in [0.4, 0.5) is 5.69 Å². The van der Waals surface area contributed by atoms with Crippen molar-refractivity contribution in [3.05, 3.63) is 64.0 Å². The van der Waals surface area contributed by atoms with E-state index in [1.807, 2.05) is 59.0 Å². The number of nitrogens with zero attached hydrogens (tertiary/aromatic N) is 5. The molecule has 0 aliphatic rings. The van der Waals surface area contributed by atoms with E-state index in [0.717, 1.165) is 39.7 Å². The first-order valence-corrected chi connectivity index (χ1v) is 9.86. The van der Waals surface area contributed by atoms with E-state index >= 15 is 0 Å². The van der Waals surface area contributed by atoms with Gasteiger partial charge in [-0.05, 0) is 44.2 Å². The van der Waals surface area contributed by atoms with Crippen LogP contribution in [0.25, 0.3) is 16.9 Å². The molecule has 6 nitrogen and oxygen atoms in total. The third-order valence-corrected chi connectivity index (χ3v) is 5.37. The maximum atomic E-state index is 5.86. The molecule has 3 aromatic heterocycles. The van der Waals surface area contributed by atoms with Crippen LogP contribution in [0.3, 0.4) is 0 Å². The topological polar surface area (TPSA) is 60.6 Å². The molecule has 0 aliphatic carbocycles. The van der Waals surface area contributed by atoms with Crippen LogP contribution in [0, 0.1) is 6.92 Å². The number of thiazole rings is 1. The van der Waals surface area contributed by atoms with Crippen LogP contribution in [0.5, 0.6) is 0 Å². The van der Waals surface area contributed by atoms with Gasteiger partial charge in [0.15, 0.2) is 4.47 Å². The Morgan fingerprint density at radius 2 is 1.96 bits per heavy atom. The van der Waals surface area contributed by atoms with E-state index in [2.05, 4.69) is 22.3 Å². The number of aromatic nitrogens is 5. The van der Waals surface area contributed by atoms with E-state index in [0.29, 0.717) is 11.0 Å². The molecule has 0 bridgehead atoms. The average molecular weight is 399 g/mol. The summed E-state index contributed by atoms with van der Waals surface area (Å²) in [4.78, 5) is 5.15. The van der Waals surface area contributed by atoms with Crippen molar-refractivity contribution in [2.24, 2.45) is 0 Å². The minimum Gasteiger partial charge on any atom is -0.380 e. The van der Waals surface area contributed by atoms with Crippen molar-refractivity contribution < 1.29 is 0 Å². The first-order chi connectivity index (χ1) is 13.1. The van der Waals surface area contributed by atoms with Gasteiger partial charge in [0.2, 0.25) is 0 Å². The molecule has 0 atom stereocenters. The predicted octanol–water partition coefficient (Wildman–Crippen LogP) is 4.79. The Hall–Kier alpha value is -2.64. The first-order valence-electron chi connectivity index (χ1n) is 8.67. The summed E-state index contributed by atoms with van der Waals surface area (Å²) in [5.41, 5.74) is 5.03. The number of benzene rings is 1. The van der Waals surface area contributed by atoms with Crippen LogP contribution in [-0.4, -0.2) is 24.5 Å². The second-order valence-electron chi connectivity index (χ2n) is 6.11. The number of halogens is 1. The molecule has 0 amide bonds. The van der Waals surface area contributed by atoms with Gasteiger partial charge in [0.05, 0.1) is 23.6 Å². The Kier molecular flexibility index (Phi) is 4.96. The summed E-state index contributed by atoms with van der Waals surface area (Å²) in [7, 11) is 0. The molecule has 0 unspecified atom stereocenters. The van der Waals surface area contributed by atoms with Crippen LogP contribution in [0.1, 0.15) is 17.5 Å². The summed E-state index contributed by atoms with van der Waals surface area (Å²) in [5.74, 6) is 0. The number of aryl methyl sites for hydroxylation is 2. The van der Waals surface area contributed by atoms with Crippen LogP contribution < -0.4 is 5.32 Å². The summed E-state index contributed by atoms with van der Waals surface area (Å²) in [5, 5.41) is 12.6. The summed E-state index contributed by atoms with van der Waals surface area (Å²) in [6, 6.07) is 10.2. The Labute approximate surface area is 166 Å². The molecule has 138 valence electrons. The zero-order valence-corrected chi connectivity index (χ0v) is 16.6. The summed E-state index contributed by atoms with van der Waals surface area (Å²) in [6.07, 6.45) is 5.81. The highest BCUT2D eigenvalue weighted by Gasteiger charge is 2.10. The molecule has 0 fully saturated rings. The molecule has 27 heavy (non-hydrogen) atoms. The molecule has 0 spiro atoms. The standard InChI is InChI=1S/C19H19ClN6S/c1-3-25-12-17(13(2)23-25)18-8-9-26(24-18)15-6-4-14(5-7-15)21-10-16-11-22-19(20)27-16/h4-9,11-12,21H,3,10H2,1-2H3. The first kappa shape index (κ1) is 17.8. The molecule has 0 saturated heterocycles. The molecule has 0 radical (unpaired) electrons. The van der Waals surface area contributed by atoms with Crippen LogP contribution in [0.2, 0.25) is 4.47 Å². The smallest absolute Gasteiger partial charge is 0.183 e. The molecular formula is C19H19ClN6S. The molecule has 1 N–H and O–H groups in total. The summed E-state index contributed by atoms with van der Waals surface area (Å²) < 4.78 is 4.38. The number of nitrogens with one attached hydrogen (secondary N) is 1. The third kappa shape index (κ3) is 3.89.